The number of para-hydroxylation sites is 1. The molecule has 1 N–H and O–H groups in total. The second-order valence-corrected chi connectivity index (χ2v) is 4.50. The minimum absolute atomic E-state index is 0.222. The first-order chi connectivity index (χ1) is 9.79. The van der Waals surface area contributed by atoms with E-state index < -0.39 is 0 Å². The zero-order valence-electron chi connectivity index (χ0n) is 11.6. The monoisotopic (exact) mass is 269 g/mol. The van der Waals surface area contributed by atoms with Crippen LogP contribution in [0.2, 0.25) is 0 Å². The summed E-state index contributed by atoms with van der Waals surface area (Å²) >= 11 is 0. The molecule has 0 heterocycles. The fraction of sp³-hybridized carbons (Fsp3) is 0.235. The maximum absolute atomic E-state index is 12.1. The smallest absolute Gasteiger partial charge is 0.328 e. The van der Waals surface area contributed by atoms with E-state index in [1.807, 2.05) is 67.6 Å². The highest BCUT2D eigenvalue weighted by molar-refractivity contribution is 5.79. The molecule has 2 aromatic rings. The fourth-order valence-corrected chi connectivity index (χ4v) is 2.02. The molecule has 0 radical (unpaired) electrons. The summed E-state index contributed by atoms with van der Waals surface area (Å²) < 4.78 is 5.15. The minimum atomic E-state index is -0.375. The van der Waals surface area contributed by atoms with Gasteiger partial charge in [0.1, 0.15) is 6.04 Å². The van der Waals surface area contributed by atoms with Gasteiger partial charge in [0.25, 0.3) is 0 Å². The number of hydrogen-bond acceptors (Lipinski definition) is 3. The van der Waals surface area contributed by atoms with Crippen LogP contribution in [0, 0.1) is 0 Å². The number of carbonyl (C=O) groups is 1. The number of benzene rings is 2. The summed E-state index contributed by atoms with van der Waals surface area (Å²) in [5.41, 5.74) is 2.02. The SMILES string of the molecule is CCOC(=O)C(Cc1ccccc1)Nc1ccccc1. The van der Waals surface area contributed by atoms with Crippen LogP contribution in [0.4, 0.5) is 5.69 Å². The lowest BCUT2D eigenvalue weighted by Gasteiger charge is -2.18. The third-order valence-corrected chi connectivity index (χ3v) is 2.97. The Kier molecular flexibility index (Phi) is 5.18. The van der Waals surface area contributed by atoms with Crippen molar-refractivity contribution in [3.63, 3.8) is 0 Å². The van der Waals surface area contributed by atoms with Gasteiger partial charge >= 0.3 is 5.97 Å². The third kappa shape index (κ3) is 4.12. The number of carbonyl (C=O) groups excluding carboxylic acids is 1. The van der Waals surface area contributed by atoms with Gasteiger partial charge in [0.15, 0.2) is 0 Å². The lowest BCUT2D eigenvalue weighted by Crippen LogP contribution is -2.33. The molecular formula is C17H19NO2. The maximum Gasteiger partial charge on any atom is 0.328 e. The number of anilines is 1. The van der Waals surface area contributed by atoms with Gasteiger partial charge in [-0.3, -0.25) is 0 Å². The van der Waals surface area contributed by atoms with Crippen molar-refractivity contribution in [3.8, 4) is 0 Å². The van der Waals surface area contributed by atoms with Gasteiger partial charge in [-0.15, -0.1) is 0 Å². The molecule has 0 bridgehead atoms. The fourth-order valence-electron chi connectivity index (χ4n) is 2.02. The summed E-state index contributed by atoms with van der Waals surface area (Å²) in [6.07, 6.45) is 0.606. The van der Waals surface area contributed by atoms with Crippen LogP contribution in [-0.4, -0.2) is 18.6 Å². The summed E-state index contributed by atoms with van der Waals surface area (Å²) in [5, 5.41) is 3.24. The van der Waals surface area contributed by atoms with Crippen LogP contribution in [0.5, 0.6) is 0 Å². The van der Waals surface area contributed by atoms with Crippen molar-refractivity contribution in [2.75, 3.05) is 11.9 Å². The molecule has 0 aromatic heterocycles. The molecular weight excluding hydrogens is 250 g/mol. The molecule has 0 aliphatic heterocycles. The molecule has 104 valence electrons. The van der Waals surface area contributed by atoms with Crippen molar-refractivity contribution >= 4 is 11.7 Å². The van der Waals surface area contributed by atoms with E-state index in [-0.39, 0.29) is 12.0 Å². The zero-order valence-corrected chi connectivity index (χ0v) is 11.6. The molecule has 0 aliphatic rings. The largest absolute Gasteiger partial charge is 0.464 e. The Morgan fingerprint density at radius 1 is 1.05 bits per heavy atom. The number of rotatable bonds is 6. The van der Waals surface area contributed by atoms with E-state index in [1.54, 1.807) is 0 Å². The minimum Gasteiger partial charge on any atom is -0.464 e. The second-order valence-electron chi connectivity index (χ2n) is 4.50. The van der Waals surface area contributed by atoms with Gasteiger partial charge in [-0.05, 0) is 24.6 Å². The highest BCUT2D eigenvalue weighted by Crippen LogP contribution is 2.12. The summed E-state index contributed by atoms with van der Waals surface area (Å²) in [6, 6.07) is 19.3. The molecule has 20 heavy (non-hydrogen) atoms. The van der Waals surface area contributed by atoms with E-state index in [4.69, 9.17) is 4.74 Å². The topological polar surface area (TPSA) is 38.3 Å². The van der Waals surface area contributed by atoms with E-state index in [0.717, 1.165) is 11.3 Å². The van der Waals surface area contributed by atoms with Crippen LogP contribution >= 0.6 is 0 Å². The van der Waals surface area contributed by atoms with Crippen LogP contribution in [-0.2, 0) is 16.0 Å². The molecule has 0 spiro atoms. The summed E-state index contributed by atoms with van der Waals surface area (Å²) in [4.78, 5) is 12.1. The molecule has 0 fully saturated rings. The van der Waals surface area contributed by atoms with Crippen LogP contribution in [0.15, 0.2) is 60.7 Å². The highest BCUT2D eigenvalue weighted by atomic mass is 16.5. The van der Waals surface area contributed by atoms with Gasteiger partial charge in [-0.25, -0.2) is 4.79 Å². The zero-order chi connectivity index (χ0) is 14.2. The van der Waals surface area contributed by atoms with Crippen LogP contribution in [0.1, 0.15) is 12.5 Å². The van der Waals surface area contributed by atoms with Gasteiger partial charge in [0, 0.05) is 12.1 Å². The molecule has 0 amide bonds. The normalized spacial score (nSPS) is 11.7. The average molecular weight is 269 g/mol. The summed E-state index contributed by atoms with van der Waals surface area (Å²) in [5.74, 6) is -0.222. The van der Waals surface area contributed by atoms with Crippen molar-refractivity contribution in [3.05, 3.63) is 66.2 Å². The average Bonchev–Trinajstić information content (AvgIpc) is 2.49. The predicted octanol–water partition coefficient (Wildman–Crippen LogP) is 3.27. The Bertz CT molecular complexity index is 484. The van der Waals surface area contributed by atoms with E-state index in [9.17, 15) is 4.79 Å². The lowest BCUT2D eigenvalue weighted by atomic mass is 10.1. The number of ether oxygens (including phenoxy) is 1. The van der Waals surface area contributed by atoms with Crippen LogP contribution in [0.3, 0.4) is 0 Å². The molecule has 0 saturated carbocycles. The second kappa shape index (κ2) is 7.34. The van der Waals surface area contributed by atoms with Crippen molar-refractivity contribution in [2.45, 2.75) is 19.4 Å². The number of esters is 1. The Hall–Kier alpha value is -2.29. The molecule has 1 atom stereocenters. The molecule has 3 heteroatoms. The number of nitrogens with one attached hydrogen (secondary N) is 1. The first-order valence-electron chi connectivity index (χ1n) is 6.81. The first-order valence-corrected chi connectivity index (χ1v) is 6.81. The van der Waals surface area contributed by atoms with Crippen LogP contribution in [0.25, 0.3) is 0 Å². The van der Waals surface area contributed by atoms with Crippen molar-refractivity contribution in [2.24, 2.45) is 0 Å². The van der Waals surface area contributed by atoms with E-state index in [2.05, 4.69) is 5.32 Å². The molecule has 1 unspecified atom stereocenters. The molecule has 2 aromatic carbocycles. The van der Waals surface area contributed by atoms with Gasteiger partial charge in [-0.2, -0.15) is 0 Å². The highest BCUT2D eigenvalue weighted by Gasteiger charge is 2.19. The Balaban J connectivity index is 2.10. The molecule has 3 nitrogen and oxygen atoms in total. The first kappa shape index (κ1) is 14.1. The molecule has 2 rings (SSSR count). The van der Waals surface area contributed by atoms with E-state index >= 15 is 0 Å². The standard InChI is InChI=1S/C17H19NO2/c1-2-20-17(19)16(13-14-9-5-3-6-10-14)18-15-11-7-4-8-12-15/h3-12,16,18H,2,13H2,1H3. The summed E-state index contributed by atoms with van der Waals surface area (Å²) in [7, 11) is 0. The quantitative estimate of drug-likeness (QED) is 0.818. The maximum atomic E-state index is 12.1. The van der Waals surface area contributed by atoms with Gasteiger partial charge < -0.3 is 10.1 Å². The number of hydrogen-bond donors (Lipinski definition) is 1. The summed E-state index contributed by atoms with van der Waals surface area (Å²) in [6.45, 7) is 2.21. The Morgan fingerprint density at radius 2 is 1.65 bits per heavy atom. The molecule has 0 aliphatic carbocycles. The van der Waals surface area contributed by atoms with Crippen LogP contribution < -0.4 is 5.32 Å². The van der Waals surface area contributed by atoms with Gasteiger partial charge in [0.2, 0.25) is 0 Å². The third-order valence-electron chi connectivity index (χ3n) is 2.97. The Morgan fingerprint density at radius 3 is 2.25 bits per heavy atom. The Labute approximate surface area is 119 Å². The molecule has 0 saturated heterocycles. The predicted molar refractivity (Wildman–Crippen MR) is 80.6 cm³/mol. The lowest BCUT2D eigenvalue weighted by molar-refractivity contribution is -0.144. The van der Waals surface area contributed by atoms with E-state index in [0.29, 0.717) is 13.0 Å². The van der Waals surface area contributed by atoms with Gasteiger partial charge in [-0.1, -0.05) is 48.5 Å². The van der Waals surface area contributed by atoms with Crippen molar-refractivity contribution < 1.29 is 9.53 Å². The van der Waals surface area contributed by atoms with Crippen molar-refractivity contribution in [1.29, 1.82) is 0 Å². The van der Waals surface area contributed by atoms with Gasteiger partial charge in [0.05, 0.1) is 6.61 Å². The van der Waals surface area contributed by atoms with Crippen molar-refractivity contribution in [1.82, 2.24) is 0 Å². The van der Waals surface area contributed by atoms with E-state index in [1.165, 1.54) is 0 Å².